The number of carboxylic acid groups (broad SMARTS) is 2. The predicted octanol–water partition coefficient (Wildman–Crippen LogP) is -1.92. The minimum Gasteiger partial charge on any atom is -0.550 e. The molecular weight excluding hydrogens is 615 g/mol. The van der Waals surface area contributed by atoms with Crippen LogP contribution in [0.5, 0.6) is 0 Å². The summed E-state index contributed by atoms with van der Waals surface area (Å²) in [4.78, 5) is 40.3. The van der Waals surface area contributed by atoms with Crippen molar-refractivity contribution in [2.24, 2.45) is 0 Å². The van der Waals surface area contributed by atoms with Gasteiger partial charge in [0.05, 0.1) is 17.8 Å². The molecule has 0 radical (unpaired) electrons. The van der Waals surface area contributed by atoms with Crippen molar-refractivity contribution < 1.29 is 98.3 Å². The fraction of sp³-hybridized carbons (Fsp3) is 0.273. The number of nitrogens with zero attached hydrogens (tertiary/aromatic N) is 2. The smallest absolute Gasteiger partial charge is 0.550 e. The third-order valence-electron chi connectivity index (χ3n) is 7.15. The number of rotatable bonds is 13. The summed E-state index contributed by atoms with van der Waals surface area (Å²) in [6, 6.07) is 17.5. The summed E-state index contributed by atoms with van der Waals surface area (Å²) >= 11 is 0. The van der Waals surface area contributed by atoms with Gasteiger partial charge in [0.1, 0.15) is 17.3 Å². The Morgan fingerprint density at radius 1 is 0.913 bits per heavy atom. The standard InChI is InChI=1S/C33H34FN3O7.2Na/c1-19(2)37-26(14-13-24(38)16-25(39)17-28(40)41)29(21-8-11-23(34)12-9-21)30(20-6-4-3-5-7-20)31(37)32(42)36-27-15-10-22(18-35-27)33(43)44;;/h3-12,15,18-19,24-25,38-39H,13-14,16-17H2,1-2H3,(H,40,41)(H,43,44)(H,35,36,42);;/q;2*+1/p-1/t24-,25-;;/m1../s1. The number of hydrogen-bond donors (Lipinski definition) is 4. The van der Waals surface area contributed by atoms with Crippen LogP contribution in [0.3, 0.4) is 0 Å². The first kappa shape index (κ1) is 39.3. The van der Waals surface area contributed by atoms with Gasteiger partial charge in [0.2, 0.25) is 0 Å². The van der Waals surface area contributed by atoms with Crippen molar-refractivity contribution >= 4 is 23.7 Å². The maximum absolute atomic E-state index is 14.1. The van der Waals surface area contributed by atoms with Crippen molar-refractivity contribution in [1.29, 1.82) is 0 Å². The topological polar surface area (TPSA) is 165 Å². The van der Waals surface area contributed by atoms with Crippen molar-refractivity contribution in [2.45, 2.75) is 57.8 Å². The van der Waals surface area contributed by atoms with Gasteiger partial charge >= 0.3 is 65.1 Å². The second-order valence-corrected chi connectivity index (χ2v) is 10.7. The second-order valence-electron chi connectivity index (χ2n) is 10.7. The van der Waals surface area contributed by atoms with Gasteiger partial charge in [0, 0.05) is 41.4 Å². The Morgan fingerprint density at radius 3 is 2.09 bits per heavy atom. The van der Waals surface area contributed by atoms with E-state index in [9.17, 15) is 39.2 Å². The first-order valence-corrected chi connectivity index (χ1v) is 14.1. The summed E-state index contributed by atoms with van der Waals surface area (Å²) in [6.45, 7) is 3.78. The Balaban J connectivity index is 0.00000368. The number of benzene rings is 2. The SMILES string of the molecule is CC(C)n1c(CC[C@@H](O)C[C@@H](O)CC(=O)[O-])c(-c2ccc(F)cc2)c(-c2ccccc2)c1C(=O)Nc1ccc(C(=O)O)cn1.[Na+].[Na+]. The molecule has 0 fully saturated rings. The van der Waals surface area contributed by atoms with E-state index in [1.54, 1.807) is 12.1 Å². The number of aromatic nitrogens is 2. The Labute approximate surface area is 310 Å². The number of hydrogen-bond acceptors (Lipinski definition) is 7. The van der Waals surface area contributed by atoms with Gasteiger partial charge in [-0.15, -0.1) is 0 Å². The molecule has 2 atom stereocenters. The van der Waals surface area contributed by atoms with E-state index >= 15 is 0 Å². The van der Waals surface area contributed by atoms with Crippen LogP contribution in [0.1, 0.15) is 65.7 Å². The molecule has 230 valence electrons. The van der Waals surface area contributed by atoms with E-state index in [1.807, 2.05) is 48.7 Å². The minimum atomic E-state index is -1.42. The first-order valence-electron chi connectivity index (χ1n) is 14.1. The molecule has 0 aliphatic carbocycles. The first-order chi connectivity index (χ1) is 21.0. The minimum absolute atomic E-state index is 0. The number of aliphatic hydroxyl groups is 2. The van der Waals surface area contributed by atoms with Gasteiger partial charge in [-0.3, -0.25) is 4.79 Å². The molecule has 0 saturated heterocycles. The molecule has 0 aliphatic heterocycles. The molecule has 13 heteroatoms. The van der Waals surface area contributed by atoms with Crippen LogP contribution in [0.15, 0.2) is 72.9 Å². The number of amides is 1. The van der Waals surface area contributed by atoms with Crippen molar-refractivity contribution in [1.82, 2.24) is 9.55 Å². The van der Waals surface area contributed by atoms with Gasteiger partial charge in [-0.2, -0.15) is 0 Å². The fourth-order valence-electron chi connectivity index (χ4n) is 5.27. The van der Waals surface area contributed by atoms with Crippen LogP contribution < -0.4 is 69.5 Å². The Morgan fingerprint density at radius 2 is 1.54 bits per heavy atom. The molecule has 1 amide bonds. The number of aliphatic hydroxyl groups excluding tert-OH is 2. The number of aliphatic carboxylic acids is 1. The maximum Gasteiger partial charge on any atom is 1.00 e. The van der Waals surface area contributed by atoms with Gasteiger partial charge in [0.25, 0.3) is 5.91 Å². The summed E-state index contributed by atoms with van der Waals surface area (Å²) in [5.74, 6) is -3.40. The molecule has 0 saturated carbocycles. The van der Waals surface area contributed by atoms with E-state index in [-0.39, 0.29) is 101 Å². The van der Waals surface area contributed by atoms with Gasteiger partial charge in [0.15, 0.2) is 0 Å². The number of carbonyl (C=O) groups is 3. The Hall–Kier alpha value is -2.87. The Kier molecular flexibility index (Phi) is 15.3. The van der Waals surface area contributed by atoms with E-state index in [1.165, 1.54) is 24.3 Å². The van der Waals surface area contributed by atoms with E-state index in [0.29, 0.717) is 27.9 Å². The van der Waals surface area contributed by atoms with Crippen LogP contribution in [0.2, 0.25) is 0 Å². The van der Waals surface area contributed by atoms with Crippen LogP contribution in [0, 0.1) is 5.82 Å². The van der Waals surface area contributed by atoms with Crippen LogP contribution in [-0.2, 0) is 11.2 Å². The molecule has 4 N–H and O–H groups in total. The zero-order chi connectivity index (χ0) is 32.0. The van der Waals surface area contributed by atoms with E-state index in [2.05, 4.69) is 10.3 Å². The van der Waals surface area contributed by atoms with Gasteiger partial charge in [-0.25, -0.2) is 14.2 Å². The summed E-state index contributed by atoms with van der Waals surface area (Å²) in [6.07, 6.45) is -1.64. The number of aromatic carboxylic acids is 1. The molecule has 0 unspecified atom stereocenters. The molecule has 2 heterocycles. The van der Waals surface area contributed by atoms with Crippen LogP contribution in [0.25, 0.3) is 22.3 Å². The van der Waals surface area contributed by atoms with E-state index in [4.69, 9.17) is 0 Å². The third-order valence-corrected chi connectivity index (χ3v) is 7.15. The average molecular weight is 649 g/mol. The van der Waals surface area contributed by atoms with Gasteiger partial charge in [-0.05, 0) is 68.5 Å². The molecule has 4 rings (SSSR count). The molecule has 4 aromatic rings. The van der Waals surface area contributed by atoms with Crippen molar-refractivity contribution in [3.8, 4) is 22.3 Å². The van der Waals surface area contributed by atoms with Gasteiger partial charge in [-0.1, -0.05) is 42.5 Å². The summed E-state index contributed by atoms with van der Waals surface area (Å²) in [5, 5.41) is 43.6. The zero-order valence-corrected chi connectivity index (χ0v) is 30.2. The summed E-state index contributed by atoms with van der Waals surface area (Å²) < 4.78 is 15.9. The average Bonchev–Trinajstić information content (AvgIpc) is 3.32. The maximum atomic E-state index is 14.1. The predicted molar refractivity (Wildman–Crippen MR) is 159 cm³/mol. The summed E-state index contributed by atoms with van der Waals surface area (Å²) in [7, 11) is 0. The molecule has 2 aromatic carbocycles. The fourth-order valence-corrected chi connectivity index (χ4v) is 5.27. The molecule has 2 aromatic heterocycles. The number of nitrogens with one attached hydrogen (secondary N) is 1. The molecule has 10 nitrogen and oxygen atoms in total. The summed E-state index contributed by atoms with van der Waals surface area (Å²) in [5.41, 5.74) is 3.44. The molecular formula is C33H33FN3Na2O7+. The zero-order valence-electron chi connectivity index (χ0n) is 26.2. The molecule has 46 heavy (non-hydrogen) atoms. The quantitative estimate of drug-likeness (QED) is 0.122. The third kappa shape index (κ3) is 9.82. The largest absolute Gasteiger partial charge is 1.00 e. The monoisotopic (exact) mass is 648 g/mol. The molecule has 0 spiro atoms. The number of halogens is 1. The molecule has 0 bridgehead atoms. The number of carbonyl (C=O) groups excluding carboxylic acids is 2. The second kappa shape index (κ2) is 17.9. The van der Waals surface area contributed by atoms with Crippen LogP contribution >= 0.6 is 0 Å². The number of anilines is 1. The van der Waals surface area contributed by atoms with E-state index in [0.717, 1.165) is 6.20 Å². The van der Waals surface area contributed by atoms with Crippen molar-refractivity contribution in [2.75, 3.05) is 5.32 Å². The van der Waals surface area contributed by atoms with Gasteiger partial charge < -0.3 is 35.1 Å². The number of carboxylic acids is 2. The van der Waals surface area contributed by atoms with E-state index < -0.39 is 42.3 Å². The van der Waals surface area contributed by atoms with Crippen molar-refractivity contribution in [3.63, 3.8) is 0 Å². The molecule has 0 aliphatic rings. The number of pyridine rings is 1. The van der Waals surface area contributed by atoms with Crippen LogP contribution in [0.4, 0.5) is 10.2 Å². The Bertz CT molecular complexity index is 1630. The van der Waals surface area contributed by atoms with Crippen LogP contribution in [-0.4, -0.2) is 54.9 Å². The normalized spacial score (nSPS) is 12.0. The van der Waals surface area contributed by atoms with Crippen molar-refractivity contribution in [3.05, 3.63) is 95.7 Å².